The van der Waals surface area contributed by atoms with Crippen molar-refractivity contribution in [2.24, 2.45) is 0 Å². The summed E-state index contributed by atoms with van der Waals surface area (Å²) in [5.74, 6) is -0.111. The number of carbonyl (C=O) groups excluding carboxylic acids is 2. The Morgan fingerprint density at radius 3 is 2.17 bits per heavy atom. The summed E-state index contributed by atoms with van der Waals surface area (Å²) in [6.07, 6.45) is 1.65. The van der Waals surface area contributed by atoms with Gasteiger partial charge in [0.05, 0.1) is 12.7 Å². The lowest BCUT2D eigenvalue weighted by Gasteiger charge is -2.10. The fourth-order valence-corrected chi connectivity index (χ4v) is 2.87. The van der Waals surface area contributed by atoms with E-state index in [1.54, 1.807) is 79.9 Å². The molecule has 5 heteroatoms. The molecule has 0 saturated heterocycles. The molecule has 3 rings (SSSR count). The molecule has 0 aliphatic carbocycles. The molecule has 0 aliphatic heterocycles. The van der Waals surface area contributed by atoms with Crippen LogP contribution in [0.4, 0.5) is 0 Å². The maximum Gasteiger partial charge on any atom is 0.338 e. The fraction of sp³-hybridized carbons (Fsp3) is 0.0833. The smallest absolute Gasteiger partial charge is 0.338 e. The van der Waals surface area contributed by atoms with Crippen molar-refractivity contribution in [2.45, 2.75) is 0 Å². The third-order valence-corrected chi connectivity index (χ3v) is 4.59. The highest BCUT2D eigenvalue weighted by Crippen LogP contribution is 2.21. The van der Waals surface area contributed by atoms with Gasteiger partial charge in [0.25, 0.3) is 0 Å². The Balaban J connectivity index is 1.87. The monoisotopic (exact) mass is 406 g/mol. The number of esters is 1. The quantitative estimate of drug-likeness (QED) is 0.296. The number of halogens is 1. The molecule has 0 unspecified atom stereocenters. The molecule has 3 aromatic rings. The van der Waals surface area contributed by atoms with Crippen LogP contribution in [0.5, 0.6) is 5.75 Å². The molecule has 4 nitrogen and oxygen atoms in total. The molecule has 0 fully saturated rings. The predicted molar refractivity (Wildman–Crippen MR) is 113 cm³/mol. The van der Waals surface area contributed by atoms with Gasteiger partial charge in [0.2, 0.25) is 0 Å². The van der Waals surface area contributed by atoms with Crippen LogP contribution in [0, 0.1) is 0 Å². The molecule has 0 radical (unpaired) electrons. The van der Waals surface area contributed by atoms with Crippen LogP contribution in [0.2, 0.25) is 5.02 Å². The zero-order valence-corrected chi connectivity index (χ0v) is 16.6. The second kappa shape index (κ2) is 9.71. The lowest BCUT2D eigenvalue weighted by molar-refractivity contribution is 0.0538. The summed E-state index contributed by atoms with van der Waals surface area (Å²) in [4.78, 5) is 25.4. The van der Waals surface area contributed by atoms with E-state index in [2.05, 4.69) is 0 Å². The average molecular weight is 407 g/mol. The van der Waals surface area contributed by atoms with E-state index < -0.39 is 5.97 Å². The highest BCUT2D eigenvalue weighted by atomic mass is 35.5. The molecule has 0 N–H and O–H groups in total. The third kappa shape index (κ3) is 5.33. The molecule has 0 aromatic heterocycles. The summed E-state index contributed by atoms with van der Waals surface area (Å²) >= 11 is 6.24. The van der Waals surface area contributed by atoms with E-state index in [1.807, 2.05) is 12.1 Å². The number of ether oxygens (including phenoxy) is 2. The lowest BCUT2D eigenvalue weighted by Crippen LogP contribution is -2.14. The molecule has 0 atom stereocenters. The Morgan fingerprint density at radius 2 is 1.52 bits per heavy atom. The Morgan fingerprint density at radius 1 is 0.862 bits per heavy atom. The first-order valence-corrected chi connectivity index (χ1v) is 9.32. The summed E-state index contributed by atoms with van der Waals surface area (Å²) in [5.41, 5.74) is 1.86. The minimum absolute atomic E-state index is 0.177. The molecule has 0 spiro atoms. The normalized spacial score (nSPS) is 11.0. The van der Waals surface area contributed by atoms with E-state index in [1.165, 1.54) is 0 Å². The fourth-order valence-electron chi connectivity index (χ4n) is 2.68. The number of ketones is 1. The van der Waals surface area contributed by atoms with E-state index in [4.69, 9.17) is 21.1 Å². The summed E-state index contributed by atoms with van der Waals surface area (Å²) in [6.45, 7) is -0.177. The molecule has 0 saturated carbocycles. The second-order valence-corrected chi connectivity index (χ2v) is 6.60. The van der Waals surface area contributed by atoms with E-state index in [9.17, 15) is 9.59 Å². The lowest BCUT2D eigenvalue weighted by atomic mass is 10.0. The van der Waals surface area contributed by atoms with Crippen molar-refractivity contribution in [2.75, 3.05) is 13.7 Å². The first-order chi connectivity index (χ1) is 14.1. The number of benzene rings is 3. The first-order valence-electron chi connectivity index (χ1n) is 8.94. The van der Waals surface area contributed by atoms with E-state index in [0.29, 0.717) is 33.0 Å². The van der Waals surface area contributed by atoms with Gasteiger partial charge in [-0.2, -0.15) is 0 Å². The van der Waals surface area contributed by atoms with Gasteiger partial charge in [0.15, 0.2) is 5.78 Å². The Hall–Kier alpha value is -3.37. The van der Waals surface area contributed by atoms with Crippen LogP contribution < -0.4 is 4.74 Å². The highest BCUT2D eigenvalue weighted by Gasteiger charge is 2.16. The van der Waals surface area contributed by atoms with Gasteiger partial charge in [-0.05, 0) is 54.1 Å². The third-order valence-electron chi connectivity index (χ3n) is 4.25. The van der Waals surface area contributed by atoms with Crippen LogP contribution in [0.15, 0.2) is 84.4 Å². The minimum atomic E-state index is -0.502. The van der Waals surface area contributed by atoms with Gasteiger partial charge >= 0.3 is 5.97 Å². The van der Waals surface area contributed by atoms with Gasteiger partial charge in [0, 0.05) is 16.2 Å². The first kappa shape index (κ1) is 20.4. The molecule has 0 amide bonds. The van der Waals surface area contributed by atoms with Crippen molar-refractivity contribution in [3.8, 4) is 5.75 Å². The van der Waals surface area contributed by atoms with Crippen LogP contribution in [-0.4, -0.2) is 25.5 Å². The minimum Gasteiger partial charge on any atom is -0.497 e. The van der Waals surface area contributed by atoms with Crippen LogP contribution >= 0.6 is 11.6 Å². The maximum atomic E-state index is 13.1. The van der Waals surface area contributed by atoms with E-state index in [-0.39, 0.29) is 12.4 Å². The zero-order valence-electron chi connectivity index (χ0n) is 15.8. The molecule has 0 bridgehead atoms. The van der Waals surface area contributed by atoms with Crippen LogP contribution in [0.1, 0.15) is 26.3 Å². The molecular formula is C24H19ClO4. The van der Waals surface area contributed by atoms with E-state index in [0.717, 1.165) is 0 Å². The summed E-state index contributed by atoms with van der Waals surface area (Å²) in [5, 5.41) is 0.502. The number of hydrogen-bond donors (Lipinski definition) is 0. The van der Waals surface area contributed by atoms with Crippen molar-refractivity contribution >= 4 is 29.4 Å². The van der Waals surface area contributed by atoms with Crippen molar-refractivity contribution in [1.82, 2.24) is 0 Å². The molecular weight excluding hydrogens is 388 g/mol. The van der Waals surface area contributed by atoms with Gasteiger partial charge < -0.3 is 9.47 Å². The van der Waals surface area contributed by atoms with Gasteiger partial charge in [0.1, 0.15) is 12.4 Å². The second-order valence-electron chi connectivity index (χ2n) is 6.19. The van der Waals surface area contributed by atoms with Crippen LogP contribution in [-0.2, 0) is 4.74 Å². The van der Waals surface area contributed by atoms with Crippen LogP contribution in [0.3, 0.4) is 0 Å². The van der Waals surface area contributed by atoms with Gasteiger partial charge in [-0.1, -0.05) is 48.0 Å². The van der Waals surface area contributed by atoms with Gasteiger partial charge in [-0.25, -0.2) is 4.79 Å². The summed E-state index contributed by atoms with van der Waals surface area (Å²) in [7, 11) is 1.56. The molecule has 0 heterocycles. The Bertz CT molecular complexity index is 1020. The molecule has 146 valence electrons. The van der Waals surface area contributed by atoms with E-state index >= 15 is 0 Å². The molecule has 3 aromatic carbocycles. The number of Topliss-reactive ketones (excluding diaryl/α,β-unsaturated/α-hetero) is 1. The van der Waals surface area contributed by atoms with Crippen molar-refractivity contribution in [3.05, 3.63) is 106 Å². The molecule has 29 heavy (non-hydrogen) atoms. The number of rotatable bonds is 7. The topological polar surface area (TPSA) is 52.6 Å². The molecule has 0 aliphatic rings. The Kier molecular flexibility index (Phi) is 6.82. The van der Waals surface area contributed by atoms with Gasteiger partial charge in [-0.3, -0.25) is 4.79 Å². The van der Waals surface area contributed by atoms with Crippen LogP contribution in [0.25, 0.3) is 6.08 Å². The van der Waals surface area contributed by atoms with Gasteiger partial charge in [-0.15, -0.1) is 0 Å². The number of methoxy groups -OCH3 is 1. The zero-order chi connectivity index (χ0) is 20.6. The Labute approximate surface area is 174 Å². The SMILES string of the molecule is COc1ccc(C(=O)/C(=C\c2ccccc2Cl)COC(=O)c2ccccc2)cc1. The predicted octanol–water partition coefficient (Wildman–Crippen LogP) is 5.47. The number of hydrogen-bond acceptors (Lipinski definition) is 4. The van der Waals surface area contributed by atoms with Crippen molar-refractivity contribution in [1.29, 1.82) is 0 Å². The highest BCUT2D eigenvalue weighted by molar-refractivity contribution is 6.32. The van der Waals surface area contributed by atoms with Crippen molar-refractivity contribution in [3.63, 3.8) is 0 Å². The largest absolute Gasteiger partial charge is 0.497 e. The standard InChI is InChI=1S/C24H19ClO4/c1-28-21-13-11-17(12-14-21)23(26)20(15-19-9-5-6-10-22(19)25)16-29-24(27)18-7-3-2-4-8-18/h2-15H,16H2,1H3/b20-15-. The maximum absolute atomic E-state index is 13.1. The average Bonchev–Trinajstić information content (AvgIpc) is 2.77. The summed E-state index contributed by atoms with van der Waals surface area (Å²) < 4.78 is 10.5. The van der Waals surface area contributed by atoms with Crippen molar-refractivity contribution < 1.29 is 19.1 Å². The number of carbonyl (C=O) groups is 2. The summed E-state index contributed by atoms with van der Waals surface area (Å²) in [6, 6.07) is 22.5.